The van der Waals surface area contributed by atoms with Crippen LogP contribution in [0.3, 0.4) is 0 Å². The summed E-state index contributed by atoms with van der Waals surface area (Å²) in [4.78, 5) is 22.9. The molecule has 0 saturated carbocycles. The van der Waals surface area contributed by atoms with E-state index in [0.29, 0.717) is 5.56 Å². The summed E-state index contributed by atoms with van der Waals surface area (Å²) >= 11 is 0. The van der Waals surface area contributed by atoms with Crippen LogP contribution >= 0.6 is 0 Å². The third kappa shape index (κ3) is 2.14. The zero-order chi connectivity index (χ0) is 11.4. The number of carbonyl (C=O) groups excluding carboxylic acids is 2. The van der Waals surface area contributed by atoms with Crippen molar-refractivity contribution < 1.29 is 14.3 Å². The largest absolute Gasteiger partial charge is 0.400 e. The first-order valence-corrected chi connectivity index (χ1v) is 4.59. The van der Waals surface area contributed by atoms with Gasteiger partial charge >= 0.3 is 5.97 Å². The molecule has 0 bridgehead atoms. The van der Waals surface area contributed by atoms with Crippen molar-refractivity contribution in [3.05, 3.63) is 48.2 Å². The lowest BCUT2D eigenvalue weighted by Gasteiger charge is -1.99. The predicted octanol–water partition coefficient (Wildman–Crippen LogP) is 1.20. The van der Waals surface area contributed by atoms with E-state index in [2.05, 4.69) is 10.2 Å². The minimum Gasteiger partial charge on any atom is -0.400 e. The van der Waals surface area contributed by atoms with Crippen LogP contribution < -0.4 is 4.74 Å². The van der Waals surface area contributed by atoms with E-state index < -0.39 is 11.8 Å². The molecular formula is C11H8N2O3. The molecule has 5 heteroatoms. The van der Waals surface area contributed by atoms with Crippen molar-refractivity contribution in [1.29, 1.82) is 0 Å². The zero-order valence-corrected chi connectivity index (χ0v) is 8.21. The Morgan fingerprint density at radius 2 is 1.88 bits per heavy atom. The van der Waals surface area contributed by atoms with Crippen LogP contribution in [0.2, 0.25) is 0 Å². The second-order valence-corrected chi connectivity index (χ2v) is 3.00. The van der Waals surface area contributed by atoms with Crippen molar-refractivity contribution in [3.8, 4) is 5.88 Å². The number of H-pyrrole nitrogens is 1. The number of hydrogen-bond acceptors (Lipinski definition) is 4. The average Bonchev–Trinajstić information content (AvgIpc) is 2.82. The van der Waals surface area contributed by atoms with Gasteiger partial charge in [-0.05, 0) is 0 Å². The van der Waals surface area contributed by atoms with Gasteiger partial charge < -0.3 is 4.74 Å². The maximum Gasteiger partial charge on any atom is 0.386 e. The summed E-state index contributed by atoms with van der Waals surface area (Å²) in [6.45, 7) is 0. The summed E-state index contributed by atoms with van der Waals surface area (Å²) in [6.07, 6.45) is 1.50. The molecule has 0 saturated heterocycles. The molecule has 1 heterocycles. The number of rotatable bonds is 3. The van der Waals surface area contributed by atoms with Gasteiger partial charge in [-0.3, -0.25) is 9.89 Å². The SMILES string of the molecule is O=C(Oc1cc[nH]n1)C(=O)c1ccccc1. The number of aromatic amines is 1. The van der Waals surface area contributed by atoms with E-state index in [9.17, 15) is 9.59 Å². The molecule has 1 aromatic carbocycles. The molecule has 0 amide bonds. The molecule has 1 N–H and O–H groups in total. The minimum absolute atomic E-state index is 0.0780. The van der Waals surface area contributed by atoms with Crippen LogP contribution in [0.15, 0.2) is 42.6 Å². The molecule has 16 heavy (non-hydrogen) atoms. The summed E-state index contributed by atoms with van der Waals surface area (Å²) in [6, 6.07) is 9.67. The lowest BCUT2D eigenvalue weighted by atomic mass is 10.1. The topological polar surface area (TPSA) is 72.1 Å². The van der Waals surface area contributed by atoms with Crippen LogP contribution in [0.5, 0.6) is 5.88 Å². The molecule has 0 aliphatic carbocycles. The fourth-order valence-corrected chi connectivity index (χ4v) is 1.15. The molecule has 0 aliphatic heterocycles. The third-order valence-corrected chi connectivity index (χ3v) is 1.89. The number of aromatic nitrogens is 2. The first kappa shape index (κ1) is 10.1. The van der Waals surface area contributed by atoms with Gasteiger partial charge in [0, 0.05) is 17.8 Å². The van der Waals surface area contributed by atoms with Crippen LogP contribution in [0, 0.1) is 0 Å². The molecule has 5 nitrogen and oxygen atoms in total. The Morgan fingerprint density at radius 3 is 2.50 bits per heavy atom. The number of hydrogen-bond donors (Lipinski definition) is 1. The Hall–Kier alpha value is -2.43. The van der Waals surface area contributed by atoms with Crippen molar-refractivity contribution in [3.63, 3.8) is 0 Å². The fraction of sp³-hybridized carbons (Fsp3) is 0. The highest BCUT2D eigenvalue weighted by molar-refractivity contribution is 6.41. The van der Waals surface area contributed by atoms with E-state index in [1.165, 1.54) is 12.3 Å². The summed E-state index contributed by atoms with van der Waals surface area (Å²) < 4.78 is 4.74. The maximum absolute atomic E-state index is 11.6. The Morgan fingerprint density at radius 1 is 1.12 bits per heavy atom. The minimum atomic E-state index is -0.946. The maximum atomic E-state index is 11.6. The van der Waals surface area contributed by atoms with E-state index in [-0.39, 0.29) is 5.88 Å². The van der Waals surface area contributed by atoms with Gasteiger partial charge in [0.05, 0.1) is 0 Å². The molecular weight excluding hydrogens is 208 g/mol. The number of esters is 1. The molecule has 1 aromatic heterocycles. The zero-order valence-electron chi connectivity index (χ0n) is 8.21. The van der Waals surface area contributed by atoms with Crippen LogP contribution in [0.25, 0.3) is 0 Å². The molecule has 0 atom stereocenters. The predicted molar refractivity (Wildman–Crippen MR) is 55.0 cm³/mol. The van der Waals surface area contributed by atoms with E-state index in [1.54, 1.807) is 30.3 Å². The van der Waals surface area contributed by atoms with E-state index in [0.717, 1.165) is 0 Å². The smallest absolute Gasteiger partial charge is 0.386 e. The van der Waals surface area contributed by atoms with Crippen molar-refractivity contribution >= 4 is 11.8 Å². The number of ether oxygens (including phenoxy) is 1. The summed E-state index contributed by atoms with van der Waals surface area (Å²) in [5, 5.41) is 6.09. The van der Waals surface area contributed by atoms with Gasteiger partial charge in [0.2, 0.25) is 5.88 Å². The normalized spacial score (nSPS) is 9.75. The van der Waals surface area contributed by atoms with Crippen LogP contribution in [0.1, 0.15) is 10.4 Å². The van der Waals surface area contributed by atoms with Crippen LogP contribution in [-0.2, 0) is 4.79 Å². The van der Waals surface area contributed by atoms with Gasteiger partial charge in [0.15, 0.2) is 0 Å². The summed E-state index contributed by atoms with van der Waals surface area (Å²) in [5.74, 6) is -1.56. The molecule has 2 aromatic rings. The van der Waals surface area contributed by atoms with Gasteiger partial charge in [-0.2, -0.15) is 0 Å². The summed E-state index contributed by atoms with van der Waals surface area (Å²) in [5.41, 5.74) is 0.294. The van der Waals surface area contributed by atoms with Crippen LogP contribution in [0.4, 0.5) is 0 Å². The molecule has 0 spiro atoms. The van der Waals surface area contributed by atoms with Gasteiger partial charge in [-0.25, -0.2) is 4.79 Å². The van der Waals surface area contributed by atoms with Gasteiger partial charge in [-0.1, -0.05) is 30.3 Å². The third-order valence-electron chi connectivity index (χ3n) is 1.89. The lowest BCUT2D eigenvalue weighted by molar-refractivity contribution is -0.129. The Kier molecular flexibility index (Phi) is 2.77. The number of carbonyl (C=O) groups is 2. The molecule has 2 rings (SSSR count). The quantitative estimate of drug-likeness (QED) is 0.475. The Bertz CT molecular complexity index is 491. The monoisotopic (exact) mass is 216 g/mol. The standard InChI is InChI=1S/C11H8N2O3/c14-10(8-4-2-1-3-5-8)11(15)16-9-6-7-12-13-9/h1-7H,(H,12,13). The van der Waals surface area contributed by atoms with Crippen molar-refractivity contribution in [2.45, 2.75) is 0 Å². The second kappa shape index (κ2) is 4.39. The van der Waals surface area contributed by atoms with Gasteiger partial charge in [0.25, 0.3) is 5.78 Å². The van der Waals surface area contributed by atoms with Crippen LogP contribution in [-0.4, -0.2) is 21.9 Å². The van der Waals surface area contributed by atoms with E-state index >= 15 is 0 Å². The molecule has 0 fully saturated rings. The number of nitrogens with zero attached hydrogens (tertiary/aromatic N) is 1. The number of benzene rings is 1. The molecule has 80 valence electrons. The number of Topliss-reactive ketones (excluding diaryl/α,β-unsaturated/α-hetero) is 1. The highest BCUT2D eigenvalue weighted by Crippen LogP contribution is 2.06. The van der Waals surface area contributed by atoms with Crippen molar-refractivity contribution in [2.75, 3.05) is 0 Å². The summed E-state index contributed by atoms with van der Waals surface area (Å²) in [7, 11) is 0. The first-order valence-electron chi connectivity index (χ1n) is 4.59. The molecule has 0 aliphatic rings. The Labute approximate surface area is 91.1 Å². The number of nitrogens with one attached hydrogen (secondary N) is 1. The Balaban J connectivity index is 2.09. The second-order valence-electron chi connectivity index (χ2n) is 3.00. The van der Waals surface area contributed by atoms with Gasteiger partial charge in [0.1, 0.15) is 0 Å². The number of ketones is 1. The van der Waals surface area contributed by atoms with E-state index in [4.69, 9.17) is 4.74 Å². The molecule has 0 radical (unpaired) electrons. The highest BCUT2D eigenvalue weighted by Gasteiger charge is 2.18. The molecule has 0 unspecified atom stereocenters. The average molecular weight is 216 g/mol. The van der Waals surface area contributed by atoms with Gasteiger partial charge in [-0.15, -0.1) is 5.10 Å². The lowest BCUT2D eigenvalue weighted by Crippen LogP contribution is -2.20. The van der Waals surface area contributed by atoms with E-state index in [1.807, 2.05) is 0 Å². The first-order chi connectivity index (χ1) is 7.77. The fourth-order valence-electron chi connectivity index (χ4n) is 1.15. The van der Waals surface area contributed by atoms with Crippen molar-refractivity contribution in [1.82, 2.24) is 10.2 Å². The highest BCUT2D eigenvalue weighted by atomic mass is 16.5. The van der Waals surface area contributed by atoms with Crippen molar-refractivity contribution in [2.24, 2.45) is 0 Å².